The second-order valence-corrected chi connectivity index (χ2v) is 8.94. The van der Waals surface area contributed by atoms with Gasteiger partial charge in [-0.1, -0.05) is 54.6 Å². The van der Waals surface area contributed by atoms with E-state index in [1.165, 1.54) is 12.1 Å². The zero-order chi connectivity index (χ0) is 28.8. The van der Waals surface area contributed by atoms with Gasteiger partial charge in [-0.3, -0.25) is 10.1 Å². The van der Waals surface area contributed by atoms with E-state index in [2.05, 4.69) is 5.10 Å². The molecule has 12 heteroatoms. The molecule has 1 aliphatic rings. The topological polar surface area (TPSA) is 149 Å². The molecule has 0 amide bonds. The van der Waals surface area contributed by atoms with E-state index in [0.717, 1.165) is 17.1 Å². The number of hydrogen-bond donors (Lipinski definition) is 0. The molecule has 3 aromatic carbocycles. The lowest BCUT2D eigenvalue weighted by Crippen LogP contribution is -2.41. The maximum atomic E-state index is 13.1. The monoisotopic (exact) mass is 557 g/mol. The zero-order valence-corrected chi connectivity index (χ0v) is 21.3. The van der Waals surface area contributed by atoms with Crippen molar-refractivity contribution in [3.63, 3.8) is 0 Å². The smallest absolute Gasteiger partial charge is 0.338 e. The predicted molar refractivity (Wildman–Crippen MR) is 141 cm³/mol. The Kier molecular flexibility index (Phi) is 8.11. The van der Waals surface area contributed by atoms with Crippen molar-refractivity contribution in [1.82, 2.24) is 9.78 Å². The number of rotatable bonds is 9. The molecule has 1 aliphatic heterocycles. The fraction of sp³-hybridized carbons (Fsp3) is 0.172. The minimum atomic E-state index is -1.32. The SMILES string of the molecule is O=C(OC[C@H]1O[C@@H](n2cc([N+](=O)[O-])cn2)[C@H](OC(=O)c2ccccc2)[C@H]1OC(=O)c1ccccc1)c1ccccc1. The highest BCUT2D eigenvalue weighted by atomic mass is 16.7. The normalized spacial score (nSPS) is 19.7. The molecule has 0 spiro atoms. The van der Waals surface area contributed by atoms with E-state index in [1.807, 2.05) is 0 Å². The van der Waals surface area contributed by atoms with Crippen molar-refractivity contribution in [3.05, 3.63) is 130 Å². The average molecular weight is 558 g/mol. The van der Waals surface area contributed by atoms with Crippen LogP contribution < -0.4 is 0 Å². The maximum Gasteiger partial charge on any atom is 0.338 e. The van der Waals surface area contributed by atoms with E-state index in [4.69, 9.17) is 18.9 Å². The van der Waals surface area contributed by atoms with Gasteiger partial charge in [-0.2, -0.15) is 5.10 Å². The van der Waals surface area contributed by atoms with Gasteiger partial charge in [0.05, 0.1) is 21.6 Å². The third-order valence-corrected chi connectivity index (χ3v) is 6.24. The molecular weight excluding hydrogens is 534 g/mol. The molecule has 0 radical (unpaired) electrons. The summed E-state index contributed by atoms with van der Waals surface area (Å²) in [6.07, 6.45) is -2.89. The fourth-order valence-corrected chi connectivity index (χ4v) is 4.23. The number of aromatic nitrogens is 2. The van der Waals surface area contributed by atoms with Gasteiger partial charge in [0.2, 0.25) is 0 Å². The number of carbonyl (C=O) groups excluding carboxylic acids is 3. The number of carbonyl (C=O) groups is 3. The van der Waals surface area contributed by atoms with Crippen molar-refractivity contribution < 1.29 is 38.3 Å². The number of ether oxygens (including phenoxy) is 4. The minimum absolute atomic E-state index is 0.213. The maximum absolute atomic E-state index is 13.1. The predicted octanol–water partition coefficient (Wildman–Crippen LogP) is 4.00. The summed E-state index contributed by atoms with van der Waals surface area (Å²) in [5, 5.41) is 15.3. The molecule has 1 saturated heterocycles. The third-order valence-electron chi connectivity index (χ3n) is 6.24. The number of esters is 3. The fourth-order valence-electron chi connectivity index (χ4n) is 4.23. The molecule has 1 aromatic heterocycles. The van der Waals surface area contributed by atoms with Crippen LogP contribution >= 0.6 is 0 Å². The van der Waals surface area contributed by atoms with Crippen LogP contribution in [0.1, 0.15) is 37.3 Å². The van der Waals surface area contributed by atoms with E-state index in [9.17, 15) is 24.5 Å². The highest BCUT2D eigenvalue weighted by molar-refractivity contribution is 5.91. The Hall–Kier alpha value is -5.36. The largest absolute Gasteiger partial charge is 0.459 e. The second-order valence-electron chi connectivity index (χ2n) is 8.94. The van der Waals surface area contributed by atoms with Gasteiger partial charge in [0.1, 0.15) is 25.1 Å². The molecule has 0 unspecified atom stereocenters. The van der Waals surface area contributed by atoms with Crippen LogP contribution in [0.25, 0.3) is 0 Å². The second kappa shape index (κ2) is 12.2. The van der Waals surface area contributed by atoms with Gasteiger partial charge in [-0.25, -0.2) is 19.1 Å². The summed E-state index contributed by atoms with van der Waals surface area (Å²) in [6.45, 7) is -0.389. The number of benzene rings is 3. The molecule has 0 saturated carbocycles. The molecule has 0 N–H and O–H groups in total. The summed E-state index contributed by atoms with van der Waals surface area (Å²) in [4.78, 5) is 49.5. The summed E-state index contributed by atoms with van der Waals surface area (Å²) in [5.74, 6) is -2.15. The lowest BCUT2D eigenvalue weighted by atomic mass is 10.1. The molecule has 4 aromatic rings. The van der Waals surface area contributed by atoms with Crippen molar-refractivity contribution >= 4 is 23.6 Å². The molecule has 41 heavy (non-hydrogen) atoms. The first-order valence-electron chi connectivity index (χ1n) is 12.5. The lowest BCUT2D eigenvalue weighted by Gasteiger charge is -2.24. The van der Waals surface area contributed by atoms with E-state index in [0.29, 0.717) is 0 Å². The molecular formula is C29H23N3O9. The van der Waals surface area contributed by atoms with E-state index in [-0.39, 0.29) is 29.0 Å². The Morgan fingerprint density at radius 2 is 1.27 bits per heavy atom. The molecule has 1 fully saturated rings. The van der Waals surface area contributed by atoms with Crippen molar-refractivity contribution in [3.8, 4) is 0 Å². The lowest BCUT2D eigenvalue weighted by molar-refractivity contribution is -0.385. The van der Waals surface area contributed by atoms with Crippen LogP contribution in [0.15, 0.2) is 103 Å². The van der Waals surface area contributed by atoms with Gasteiger partial charge in [-0.05, 0) is 36.4 Å². The number of nitro groups is 1. The Balaban J connectivity index is 1.47. The average Bonchev–Trinajstić information content (AvgIpc) is 3.63. The van der Waals surface area contributed by atoms with Gasteiger partial charge in [0.15, 0.2) is 18.4 Å². The van der Waals surface area contributed by atoms with Crippen molar-refractivity contribution in [2.24, 2.45) is 0 Å². The molecule has 5 rings (SSSR count). The van der Waals surface area contributed by atoms with Crippen molar-refractivity contribution in [2.75, 3.05) is 6.61 Å². The first kappa shape index (κ1) is 27.2. The first-order chi connectivity index (χ1) is 19.9. The Bertz CT molecular complexity index is 1530. The van der Waals surface area contributed by atoms with Crippen molar-refractivity contribution in [2.45, 2.75) is 24.5 Å². The van der Waals surface area contributed by atoms with Crippen LogP contribution in [0.2, 0.25) is 0 Å². The van der Waals surface area contributed by atoms with Crippen LogP contribution in [-0.2, 0) is 18.9 Å². The molecule has 0 bridgehead atoms. The van der Waals surface area contributed by atoms with Crippen molar-refractivity contribution in [1.29, 1.82) is 0 Å². The molecule has 0 aliphatic carbocycles. The van der Waals surface area contributed by atoms with Crippen LogP contribution in [-0.4, -0.2) is 57.5 Å². The highest BCUT2D eigenvalue weighted by Gasteiger charge is 2.52. The Morgan fingerprint density at radius 1 is 0.780 bits per heavy atom. The molecule has 12 nitrogen and oxygen atoms in total. The first-order valence-corrected chi connectivity index (χ1v) is 12.5. The number of nitrogens with zero attached hydrogens (tertiary/aromatic N) is 3. The van der Waals surface area contributed by atoms with Crippen LogP contribution in [0.3, 0.4) is 0 Å². The van der Waals surface area contributed by atoms with Crippen LogP contribution in [0.4, 0.5) is 5.69 Å². The summed E-state index contributed by atoms with van der Waals surface area (Å²) in [6, 6.07) is 24.4. The zero-order valence-electron chi connectivity index (χ0n) is 21.3. The Morgan fingerprint density at radius 3 is 1.76 bits per heavy atom. The quantitative estimate of drug-likeness (QED) is 0.128. The molecule has 208 valence electrons. The summed E-state index contributed by atoms with van der Waals surface area (Å²) in [5.41, 5.74) is 0.386. The molecule has 2 heterocycles. The van der Waals surface area contributed by atoms with Crippen LogP contribution in [0.5, 0.6) is 0 Å². The van der Waals surface area contributed by atoms with Gasteiger partial charge >= 0.3 is 23.6 Å². The standard InChI is InChI=1S/C29H23N3O9/c33-27(19-10-4-1-5-11-19)38-18-23-24(40-28(34)20-12-6-2-7-13-20)25(41-29(35)21-14-8-3-9-15-21)26(39-23)31-17-22(16-30-31)32(36)37/h1-17,23-26H,18H2/t23-,24+,25-,26-/m1/s1. The minimum Gasteiger partial charge on any atom is -0.459 e. The molecule has 4 atom stereocenters. The van der Waals surface area contributed by atoms with E-state index >= 15 is 0 Å². The summed E-state index contributed by atoms with van der Waals surface area (Å²) >= 11 is 0. The van der Waals surface area contributed by atoms with Crippen LogP contribution in [0, 0.1) is 10.1 Å². The van der Waals surface area contributed by atoms with Gasteiger partial charge in [-0.15, -0.1) is 0 Å². The van der Waals surface area contributed by atoms with Gasteiger partial charge in [0.25, 0.3) is 0 Å². The summed E-state index contributed by atoms with van der Waals surface area (Å²) < 4.78 is 24.2. The van der Waals surface area contributed by atoms with E-state index in [1.54, 1.807) is 78.9 Å². The summed E-state index contributed by atoms with van der Waals surface area (Å²) in [7, 11) is 0. The van der Waals surface area contributed by atoms with E-state index < -0.39 is 47.4 Å². The Labute approximate surface area is 233 Å². The van der Waals surface area contributed by atoms with Gasteiger partial charge < -0.3 is 18.9 Å². The van der Waals surface area contributed by atoms with Gasteiger partial charge in [0, 0.05) is 0 Å². The highest BCUT2D eigenvalue weighted by Crippen LogP contribution is 2.35. The number of hydrogen-bond acceptors (Lipinski definition) is 10. The third kappa shape index (κ3) is 6.28.